The van der Waals surface area contributed by atoms with Gasteiger partial charge in [-0.3, -0.25) is 24.2 Å². The van der Waals surface area contributed by atoms with Gasteiger partial charge in [-0.2, -0.15) is 0 Å². The van der Waals surface area contributed by atoms with Gasteiger partial charge >= 0.3 is 0 Å². The third-order valence-corrected chi connectivity index (χ3v) is 5.63. The lowest BCUT2D eigenvalue weighted by atomic mass is 9.96. The lowest BCUT2D eigenvalue weighted by Gasteiger charge is -2.40. The lowest BCUT2D eigenvalue weighted by molar-refractivity contribution is -0.124. The van der Waals surface area contributed by atoms with Crippen molar-refractivity contribution < 1.29 is 14.4 Å². The fourth-order valence-electron chi connectivity index (χ4n) is 4.14. The Labute approximate surface area is 158 Å². The quantitative estimate of drug-likeness (QED) is 0.785. The van der Waals surface area contributed by atoms with Crippen molar-refractivity contribution in [2.24, 2.45) is 0 Å². The topological polar surface area (TPSA) is 57.7 Å². The van der Waals surface area contributed by atoms with Crippen LogP contribution in [0.25, 0.3) is 0 Å². The highest BCUT2D eigenvalue weighted by Gasteiger charge is 2.39. The first-order valence-corrected chi connectivity index (χ1v) is 9.34. The number of fused-ring (bicyclic) bond motifs is 1. The molecule has 2 aliphatic rings. The van der Waals surface area contributed by atoms with Crippen molar-refractivity contribution in [3.63, 3.8) is 0 Å². The number of likely N-dealkylation sites (tertiary alicyclic amines) is 1. The molecule has 1 unspecified atom stereocenters. The van der Waals surface area contributed by atoms with Crippen molar-refractivity contribution in [2.75, 3.05) is 13.1 Å². The van der Waals surface area contributed by atoms with Gasteiger partial charge in [0, 0.05) is 38.0 Å². The molecule has 5 heteroatoms. The van der Waals surface area contributed by atoms with E-state index in [2.05, 4.69) is 24.0 Å². The number of piperidine rings is 1. The van der Waals surface area contributed by atoms with E-state index < -0.39 is 0 Å². The molecule has 2 aromatic rings. The van der Waals surface area contributed by atoms with Gasteiger partial charge in [-0.15, -0.1) is 0 Å². The molecule has 1 saturated heterocycles. The number of amides is 2. The number of carbonyl (C=O) groups is 3. The number of Topliss-reactive ketones (excluding diaryl/α,β-unsaturated/α-hetero) is 1. The molecule has 2 heterocycles. The molecule has 2 aliphatic heterocycles. The van der Waals surface area contributed by atoms with Crippen LogP contribution in [0.15, 0.2) is 54.6 Å². The normalized spacial score (nSPS) is 21.4. The summed E-state index contributed by atoms with van der Waals surface area (Å²) in [5.41, 5.74) is 2.07. The number of hydrogen-bond acceptors (Lipinski definition) is 4. The first-order chi connectivity index (χ1) is 13.1. The van der Waals surface area contributed by atoms with E-state index in [-0.39, 0.29) is 36.2 Å². The molecule has 2 amide bonds. The maximum atomic E-state index is 12.7. The average molecular weight is 362 g/mol. The Bertz CT molecular complexity index is 858. The Morgan fingerprint density at radius 2 is 1.52 bits per heavy atom. The molecule has 0 radical (unpaired) electrons. The van der Waals surface area contributed by atoms with Crippen molar-refractivity contribution in [1.29, 1.82) is 0 Å². The monoisotopic (exact) mass is 362 g/mol. The second-order valence-electron chi connectivity index (χ2n) is 7.24. The van der Waals surface area contributed by atoms with Crippen molar-refractivity contribution in [1.82, 2.24) is 9.80 Å². The van der Waals surface area contributed by atoms with Gasteiger partial charge in [0.05, 0.1) is 11.1 Å². The molecule has 27 heavy (non-hydrogen) atoms. The summed E-state index contributed by atoms with van der Waals surface area (Å²) in [6.45, 7) is 3.00. The Balaban J connectivity index is 1.58. The number of imide groups is 1. The van der Waals surface area contributed by atoms with E-state index in [0.717, 1.165) is 0 Å². The third-order valence-electron chi connectivity index (χ3n) is 5.63. The summed E-state index contributed by atoms with van der Waals surface area (Å²) in [4.78, 5) is 41.1. The Kier molecular flexibility index (Phi) is 4.62. The number of carbonyl (C=O) groups excluding carboxylic acids is 3. The van der Waals surface area contributed by atoms with Gasteiger partial charge in [0.2, 0.25) is 0 Å². The zero-order valence-corrected chi connectivity index (χ0v) is 15.3. The lowest BCUT2D eigenvalue weighted by Crippen LogP contribution is -2.51. The summed E-state index contributed by atoms with van der Waals surface area (Å²) < 4.78 is 0. The smallest absolute Gasteiger partial charge is 0.261 e. The van der Waals surface area contributed by atoms with Crippen molar-refractivity contribution in [3.8, 4) is 0 Å². The van der Waals surface area contributed by atoms with Crippen LogP contribution in [0.5, 0.6) is 0 Å². The standard InChI is InChI=1S/C22H22N2O3/c1-15(16-7-3-2-4-8-16)23-12-11-18(25)13-17(23)14-24-21(26)19-9-5-6-10-20(19)22(24)27/h2-10,15,17H,11-14H2,1H3/t15-,17?/m0/s1. The molecule has 0 spiro atoms. The van der Waals surface area contributed by atoms with Gasteiger partial charge < -0.3 is 0 Å². The first kappa shape index (κ1) is 17.6. The molecule has 2 aromatic carbocycles. The van der Waals surface area contributed by atoms with E-state index in [1.165, 1.54) is 10.5 Å². The van der Waals surface area contributed by atoms with Crippen LogP contribution in [0.3, 0.4) is 0 Å². The Morgan fingerprint density at radius 1 is 0.926 bits per heavy atom. The van der Waals surface area contributed by atoms with Gasteiger partial charge in [-0.25, -0.2) is 0 Å². The van der Waals surface area contributed by atoms with Gasteiger partial charge in [0.15, 0.2) is 0 Å². The minimum Gasteiger partial charge on any atom is -0.300 e. The minimum atomic E-state index is -0.263. The van der Waals surface area contributed by atoms with Crippen molar-refractivity contribution >= 4 is 17.6 Å². The molecule has 0 bridgehead atoms. The highest BCUT2D eigenvalue weighted by atomic mass is 16.2. The minimum absolute atomic E-state index is 0.111. The van der Waals surface area contributed by atoms with Crippen LogP contribution >= 0.6 is 0 Å². The Hall–Kier alpha value is -2.79. The summed E-state index contributed by atoms with van der Waals surface area (Å²) in [7, 11) is 0. The molecule has 0 aromatic heterocycles. The SMILES string of the molecule is C[C@@H](c1ccccc1)N1CCC(=O)CC1CN1C(=O)c2ccccc2C1=O. The van der Waals surface area contributed by atoms with Gasteiger partial charge in [0.1, 0.15) is 5.78 Å². The largest absolute Gasteiger partial charge is 0.300 e. The molecular formula is C22H22N2O3. The fourth-order valence-corrected chi connectivity index (χ4v) is 4.14. The number of hydrogen-bond donors (Lipinski definition) is 0. The van der Waals surface area contributed by atoms with E-state index in [0.29, 0.717) is 30.5 Å². The van der Waals surface area contributed by atoms with E-state index in [1.54, 1.807) is 24.3 Å². The number of rotatable bonds is 4. The first-order valence-electron chi connectivity index (χ1n) is 9.34. The van der Waals surface area contributed by atoms with E-state index >= 15 is 0 Å². The van der Waals surface area contributed by atoms with Crippen LogP contribution in [0.2, 0.25) is 0 Å². The van der Waals surface area contributed by atoms with Crippen LogP contribution in [-0.4, -0.2) is 46.5 Å². The summed E-state index contributed by atoms with van der Waals surface area (Å²) >= 11 is 0. The molecule has 0 saturated carbocycles. The van der Waals surface area contributed by atoms with Crippen LogP contribution in [0, 0.1) is 0 Å². The van der Waals surface area contributed by atoms with Crippen molar-refractivity contribution in [2.45, 2.75) is 31.8 Å². The van der Waals surface area contributed by atoms with E-state index in [4.69, 9.17) is 0 Å². The van der Waals surface area contributed by atoms with E-state index in [9.17, 15) is 14.4 Å². The average Bonchev–Trinajstić information content (AvgIpc) is 2.94. The second kappa shape index (κ2) is 7.08. The van der Waals surface area contributed by atoms with Crippen LogP contribution in [0.4, 0.5) is 0 Å². The van der Waals surface area contributed by atoms with Crippen LogP contribution in [-0.2, 0) is 4.79 Å². The molecule has 4 rings (SSSR count). The van der Waals surface area contributed by atoms with E-state index in [1.807, 2.05) is 18.2 Å². The maximum Gasteiger partial charge on any atom is 0.261 e. The highest BCUT2D eigenvalue weighted by Crippen LogP contribution is 2.30. The zero-order chi connectivity index (χ0) is 19.0. The molecule has 2 atom stereocenters. The molecule has 138 valence electrons. The number of nitrogens with zero attached hydrogens (tertiary/aromatic N) is 2. The summed E-state index contributed by atoms with van der Waals surface area (Å²) in [6.07, 6.45) is 0.875. The maximum absolute atomic E-state index is 12.7. The Morgan fingerprint density at radius 3 is 2.15 bits per heavy atom. The van der Waals surface area contributed by atoms with Crippen LogP contribution in [0.1, 0.15) is 52.1 Å². The second-order valence-corrected chi connectivity index (χ2v) is 7.24. The summed E-state index contributed by atoms with van der Waals surface area (Å²) in [5.74, 6) is -0.338. The van der Waals surface area contributed by atoms with Crippen molar-refractivity contribution in [3.05, 3.63) is 71.3 Å². The molecular weight excluding hydrogens is 340 g/mol. The summed E-state index contributed by atoms with van der Waals surface area (Å²) in [5, 5.41) is 0. The third kappa shape index (κ3) is 3.19. The number of ketones is 1. The van der Waals surface area contributed by atoms with Crippen LogP contribution < -0.4 is 0 Å². The molecule has 0 N–H and O–H groups in total. The molecule has 1 fully saturated rings. The number of benzene rings is 2. The van der Waals surface area contributed by atoms with Gasteiger partial charge in [-0.05, 0) is 24.6 Å². The predicted molar refractivity (Wildman–Crippen MR) is 101 cm³/mol. The molecule has 0 aliphatic carbocycles. The fraction of sp³-hybridized carbons (Fsp3) is 0.318. The summed E-state index contributed by atoms with van der Waals surface area (Å²) in [6, 6.07) is 17.0. The predicted octanol–water partition coefficient (Wildman–Crippen LogP) is 3.08. The molecule has 5 nitrogen and oxygen atoms in total. The van der Waals surface area contributed by atoms with Gasteiger partial charge in [-0.1, -0.05) is 42.5 Å². The highest BCUT2D eigenvalue weighted by molar-refractivity contribution is 6.21. The van der Waals surface area contributed by atoms with Gasteiger partial charge in [0.25, 0.3) is 11.8 Å². The zero-order valence-electron chi connectivity index (χ0n) is 15.3.